The Bertz CT molecular complexity index is 517. The van der Waals surface area contributed by atoms with Gasteiger partial charge < -0.3 is 5.43 Å². The summed E-state index contributed by atoms with van der Waals surface area (Å²) in [7, 11) is 0. The van der Waals surface area contributed by atoms with E-state index in [9.17, 15) is 0 Å². The van der Waals surface area contributed by atoms with Crippen molar-refractivity contribution in [2.45, 2.75) is 20.4 Å². The molecule has 17 heavy (non-hydrogen) atoms. The minimum absolute atomic E-state index is 0.639. The van der Waals surface area contributed by atoms with Gasteiger partial charge in [-0.2, -0.15) is 5.10 Å². The largest absolute Gasteiger partial charge is 0.308 e. The third-order valence-electron chi connectivity index (χ3n) is 2.60. The average Bonchev–Trinajstić information content (AvgIpc) is 2.58. The number of nitrogens with zero attached hydrogens (tertiary/aromatic N) is 3. The second kappa shape index (κ2) is 4.73. The van der Waals surface area contributed by atoms with E-state index in [1.54, 1.807) is 6.20 Å². The summed E-state index contributed by atoms with van der Waals surface area (Å²) >= 11 is 6.09. The van der Waals surface area contributed by atoms with Crippen LogP contribution in [0.15, 0.2) is 18.3 Å². The molecule has 2 rings (SSSR count). The van der Waals surface area contributed by atoms with Gasteiger partial charge in [-0.15, -0.1) is 0 Å². The first-order chi connectivity index (χ1) is 8.11. The summed E-state index contributed by atoms with van der Waals surface area (Å²) in [6, 6.07) is 3.77. The predicted molar refractivity (Wildman–Crippen MR) is 67.9 cm³/mol. The van der Waals surface area contributed by atoms with E-state index in [0.29, 0.717) is 12.4 Å². The zero-order chi connectivity index (χ0) is 12.4. The van der Waals surface area contributed by atoms with Gasteiger partial charge >= 0.3 is 0 Å². The summed E-state index contributed by atoms with van der Waals surface area (Å²) < 4.78 is 1.87. The van der Waals surface area contributed by atoms with Crippen LogP contribution < -0.4 is 11.3 Å². The summed E-state index contributed by atoms with van der Waals surface area (Å²) in [6.45, 7) is 4.49. The smallest absolute Gasteiger partial charge is 0.139 e. The maximum absolute atomic E-state index is 6.09. The molecular formula is C11H14ClN5. The molecule has 2 aromatic rings. The van der Waals surface area contributed by atoms with Crippen LogP contribution in [-0.4, -0.2) is 14.8 Å². The predicted octanol–water partition coefficient (Wildman–Crippen LogP) is 1.88. The highest BCUT2D eigenvalue weighted by atomic mass is 35.5. The van der Waals surface area contributed by atoms with E-state index in [-0.39, 0.29) is 0 Å². The molecular weight excluding hydrogens is 238 g/mol. The molecule has 0 fully saturated rings. The minimum atomic E-state index is 0.639. The molecule has 0 saturated heterocycles. The molecule has 0 spiro atoms. The van der Waals surface area contributed by atoms with Crippen LogP contribution >= 0.6 is 11.6 Å². The number of hydrazine groups is 1. The Morgan fingerprint density at radius 1 is 1.41 bits per heavy atom. The van der Waals surface area contributed by atoms with Crippen molar-refractivity contribution in [2.75, 3.05) is 5.43 Å². The Morgan fingerprint density at radius 3 is 2.65 bits per heavy atom. The molecule has 90 valence electrons. The average molecular weight is 252 g/mol. The first-order valence-corrected chi connectivity index (χ1v) is 5.60. The van der Waals surface area contributed by atoms with Crippen molar-refractivity contribution < 1.29 is 0 Å². The topological polar surface area (TPSA) is 68.8 Å². The maximum atomic E-state index is 6.09. The zero-order valence-corrected chi connectivity index (χ0v) is 10.5. The van der Waals surface area contributed by atoms with Crippen LogP contribution in [0.25, 0.3) is 0 Å². The molecule has 6 heteroatoms. The fourth-order valence-corrected chi connectivity index (χ4v) is 1.74. The van der Waals surface area contributed by atoms with Crippen molar-refractivity contribution >= 4 is 17.4 Å². The lowest BCUT2D eigenvalue weighted by molar-refractivity contribution is 0.657. The van der Waals surface area contributed by atoms with Gasteiger partial charge in [-0.3, -0.25) is 4.68 Å². The Balaban J connectivity index is 2.22. The fraction of sp³-hybridized carbons (Fsp3) is 0.273. The third-order valence-corrected chi connectivity index (χ3v) is 3.15. The number of pyridine rings is 1. The number of anilines is 1. The van der Waals surface area contributed by atoms with E-state index >= 15 is 0 Å². The Labute approximate surface area is 105 Å². The number of nitrogens with one attached hydrogen (secondary N) is 1. The molecule has 0 atom stereocenters. The molecule has 0 aromatic carbocycles. The number of hydrogen-bond donors (Lipinski definition) is 2. The molecule has 0 amide bonds. The molecule has 2 aromatic heterocycles. The normalized spacial score (nSPS) is 10.6. The summed E-state index contributed by atoms with van der Waals surface area (Å²) in [4.78, 5) is 4.14. The first kappa shape index (κ1) is 11.9. The second-order valence-electron chi connectivity index (χ2n) is 3.84. The fourth-order valence-electron chi connectivity index (χ4n) is 1.61. The van der Waals surface area contributed by atoms with E-state index in [4.69, 9.17) is 17.4 Å². The van der Waals surface area contributed by atoms with Crippen molar-refractivity contribution in [1.82, 2.24) is 14.8 Å². The number of nitrogens with two attached hydrogens (primary N) is 1. The van der Waals surface area contributed by atoms with Gasteiger partial charge in [-0.25, -0.2) is 10.8 Å². The highest BCUT2D eigenvalue weighted by Gasteiger charge is 2.09. The van der Waals surface area contributed by atoms with Gasteiger partial charge in [-0.05, 0) is 25.5 Å². The molecule has 0 aliphatic carbocycles. The van der Waals surface area contributed by atoms with Crippen LogP contribution in [-0.2, 0) is 6.54 Å². The standard InChI is InChI=1S/C11H14ClN5/c1-7-11(12)8(2)17(16-7)6-9-3-4-10(15-13)14-5-9/h3-5H,6,13H2,1-2H3,(H,14,15). The number of aromatic nitrogens is 3. The minimum Gasteiger partial charge on any atom is -0.308 e. The highest BCUT2D eigenvalue weighted by molar-refractivity contribution is 6.31. The summed E-state index contributed by atoms with van der Waals surface area (Å²) in [5.74, 6) is 5.89. The van der Waals surface area contributed by atoms with Crippen LogP contribution in [0, 0.1) is 13.8 Å². The summed E-state index contributed by atoms with van der Waals surface area (Å²) in [5.41, 5.74) is 5.34. The number of aryl methyl sites for hydroxylation is 1. The molecule has 0 aliphatic heterocycles. The quantitative estimate of drug-likeness (QED) is 0.646. The van der Waals surface area contributed by atoms with Gasteiger partial charge in [0.1, 0.15) is 5.82 Å². The SMILES string of the molecule is Cc1nn(Cc2ccc(NN)nc2)c(C)c1Cl. The van der Waals surface area contributed by atoms with Crippen LogP contribution in [0.1, 0.15) is 17.0 Å². The van der Waals surface area contributed by atoms with E-state index in [1.807, 2.05) is 30.7 Å². The van der Waals surface area contributed by atoms with Crippen molar-refractivity contribution in [3.05, 3.63) is 40.3 Å². The van der Waals surface area contributed by atoms with Crippen molar-refractivity contribution in [1.29, 1.82) is 0 Å². The van der Waals surface area contributed by atoms with E-state index < -0.39 is 0 Å². The lowest BCUT2D eigenvalue weighted by Gasteiger charge is -2.05. The van der Waals surface area contributed by atoms with Gasteiger partial charge in [0.2, 0.25) is 0 Å². The Hall–Kier alpha value is -1.59. The summed E-state index contributed by atoms with van der Waals surface area (Å²) in [6.07, 6.45) is 1.76. The number of halogens is 1. The Morgan fingerprint density at radius 2 is 2.18 bits per heavy atom. The summed E-state index contributed by atoms with van der Waals surface area (Å²) in [5, 5.41) is 5.08. The maximum Gasteiger partial charge on any atom is 0.139 e. The van der Waals surface area contributed by atoms with Gasteiger partial charge in [0, 0.05) is 6.20 Å². The van der Waals surface area contributed by atoms with Crippen molar-refractivity contribution in [3.8, 4) is 0 Å². The van der Waals surface area contributed by atoms with Crippen LogP contribution in [0.5, 0.6) is 0 Å². The molecule has 5 nitrogen and oxygen atoms in total. The Kier molecular flexibility index (Phi) is 3.31. The van der Waals surface area contributed by atoms with E-state index in [0.717, 1.165) is 22.0 Å². The highest BCUT2D eigenvalue weighted by Crippen LogP contribution is 2.19. The molecule has 2 heterocycles. The van der Waals surface area contributed by atoms with Gasteiger partial charge in [0.15, 0.2) is 0 Å². The molecule has 0 radical (unpaired) electrons. The van der Waals surface area contributed by atoms with Crippen LogP contribution in [0.4, 0.5) is 5.82 Å². The monoisotopic (exact) mass is 251 g/mol. The third kappa shape index (κ3) is 2.40. The number of hydrogen-bond acceptors (Lipinski definition) is 4. The van der Waals surface area contributed by atoms with Gasteiger partial charge in [-0.1, -0.05) is 17.7 Å². The van der Waals surface area contributed by atoms with Gasteiger partial charge in [0.05, 0.1) is 23.0 Å². The number of nitrogen functional groups attached to an aromatic ring is 1. The van der Waals surface area contributed by atoms with Crippen molar-refractivity contribution in [2.24, 2.45) is 5.84 Å². The van der Waals surface area contributed by atoms with E-state index in [2.05, 4.69) is 15.5 Å². The molecule has 0 bridgehead atoms. The lowest BCUT2D eigenvalue weighted by Crippen LogP contribution is -2.09. The van der Waals surface area contributed by atoms with E-state index in [1.165, 1.54) is 0 Å². The van der Waals surface area contributed by atoms with Crippen LogP contribution in [0.2, 0.25) is 5.02 Å². The molecule has 0 unspecified atom stereocenters. The van der Waals surface area contributed by atoms with Crippen molar-refractivity contribution in [3.63, 3.8) is 0 Å². The van der Waals surface area contributed by atoms with Gasteiger partial charge in [0.25, 0.3) is 0 Å². The molecule has 3 N–H and O–H groups in total. The molecule has 0 aliphatic rings. The van der Waals surface area contributed by atoms with Crippen LogP contribution in [0.3, 0.4) is 0 Å². The second-order valence-corrected chi connectivity index (χ2v) is 4.22. The zero-order valence-electron chi connectivity index (χ0n) is 9.74. The lowest BCUT2D eigenvalue weighted by atomic mass is 10.3. The molecule has 0 saturated carbocycles. The first-order valence-electron chi connectivity index (χ1n) is 5.23. The number of rotatable bonds is 3.